The monoisotopic (exact) mass is 285 g/mol. The van der Waals surface area contributed by atoms with E-state index in [1.807, 2.05) is 24.3 Å². The maximum Gasteiger partial charge on any atom is 0.145 e. The third-order valence-corrected chi connectivity index (χ3v) is 4.04. The molecule has 2 heterocycles. The van der Waals surface area contributed by atoms with Gasteiger partial charge in [0.1, 0.15) is 11.2 Å². The summed E-state index contributed by atoms with van der Waals surface area (Å²) in [5.74, 6) is 0. The number of rotatable bonds is 2. The molecule has 0 bridgehead atoms. The van der Waals surface area contributed by atoms with Gasteiger partial charge in [0.2, 0.25) is 0 Å². The van der Waals surface area contributed by atoms with E-state index in [0.717, 1.165) is 44.3 Å². The SMILES string of the molecule is C=Cc1ccc2c(oc3c(C)cccc32)c1-c1ccccn1. The highest BCUT2D eigenvalue weighted by Gasteiger charge is 2.16. The van der Waals surface area contributed by atoms with Gasteiger partial charge in [0, 0.05) is 17.0 Å². The van der Waals surface area contributed by atoms with Gasteiger partial charge in [-0.3, -0.25) is 4.98 Å². The van der Waals surface area contributed by atoms with Gasteiger partial charge in [0.05, 0.1) is 11.3 Å². The Balaban J connectivity index is 2.20. The minimum atomic E-state index is 0.875. The molecule has 0 saturated carbocycles. The molecule has 0 N–H and O–H groups in total. The molecule has 22 heavy (non-hydrogen) atoms. The Hall–Kier alpha value is -2.87. The van der Waals surface area contributed by atoms with E-state index in [1.165, 1.54) is 0 Å². The lowest BCUT2D eigenvalue weighted by molar-refractivity contribution is 0.666. The molecular formula is C20H15NO. The predicted molar refractivity (Wildman–Crippen MR) is 91.8 cm³/mol. The number of hydrogen-bond donors (Lipinski definition) is 0. The number of aromatic nitrogens is 1. The van der Waals surface area contributed by atoms with Crippen molar-refractivity contribution in [2.45, 2.75) is 6.92 Å². The molecule has 2 heteroatoms. The number of fused-ring (bicyclic) bond motifs is 3. The molecule has 0 aliphatic heterocycles. The van der Waals surface area contributed by atoms with Crippen LogP contribution >= 0.6 is 0 Å². The first-order valence-corrected chi connectivity index (χ1v) is 7.28. The Bertz CT molecular complexity index is 997. The molecule has 0 fully saturated rings. The molecule has 0 amide bonds. The highest BCUT2D eigenvalue weighted by Crippen LogP contribution is 2.38. The van der Waals surface area contributed by atoms with Gasteiger partial charge in [0.15, 0.2) is 0 Å². The van der Waals surface area contributed by atoms with Crippen LogP contribution in [0.25, 0.3) is 39.3 Å². The molecule has 0 aliphatic rings. The first kappa shape index (κ1) is 12.8. The molecular weight excluding hydrogens is 270 g/mol. The number of benzene rings is 2. The van der Waals surface area contributed by atoms with E-state index in [-0.39, 0.29) is 0 Å². The largest absolute Gasteiger partial charge is 0.455 e. The highest BCUT2D eigenvalue weighted by atomic mass is 16.3. The van der Waals surface area contributed by atoms with Crippen LogP contribution in [0.2, 0.25) is 0 Å². The number of furan rings is 1. The van der Waals surface area contributed by atoms with Crippen molar-refractivity contribution in [3.05, 3.63) is 72.4 Å². The average molecular weight is 285 g/mol. The van der Waals surface area contributed by atoms with Crippen LogP contribution in [0.15, 0.2) is 65.7 Å². The molecule has 0 spiro atoms. The molecule has 4 rings (SSSR count). The number of pyridine rings is 1. The van der Waals surface area contributed by atoms with E-state index in [1.54, 1.807) is 6.20 Å². The Morgan fingerprint density at radius 3 is 2.59 bits per heavy atom. The zero-order valence-corrected chi connectivity index (χ0v) is 12.3. The summed E-state index contributed by atoms with van der Waals surface area (Å²) in [6.07, 6.45) is 3.65. The van der Waals surface area contributed by atoms with Gasteiger partial charge in [-0.05, 0) is 36.2 Å². The molecule has 0 unspecified atom stereocenters. The Morgan fingerprint density at radius 2 is 1.82 bits per heavy atom. The molecule has 0 saturated heterocycles. The predicted octanol–water partition coefficient (Wildman–Crippen LogP) is 5.60. The first-order valence-electron chi connectivity index (χ1n) is 7.28. The second kappa shape index (κ2) is 4.85. The highest BCUT2D eigenvalue weighted by molar-refractivity contribution is 6.11. The van der Waals surface area contributed by atoms with Crippen LogP contribution < -0.4 is 0 Å². The van der Waals surface area contributed by atoms with Crippen LogP contribution in [-0.4, -0.2) is 4.98 Å². The second-order valence-electron chi connectivity index (χ2n) is 5.38. The molecule has 0 aliphatic carbocycles. The third-order valence-electron chi connectivity index (χ3n) is 4.04. The van der Waals surface area contributed by atoms with Crippen molar-refractivity contribution in [3.63, 3.8) is 0 Å². The number of para-hydroxylation sites is 1. The maximum absolute atomic E-state index is 6.22. The lowest BCUT2D eigenvalue weighted by Crippen LogP contribution is -1.87. The number of hydrogen-bond acceptors (Lipinski definition) is 2. The fraction of sp³-hybridized carbons (Fsp3) is 0.0500. The Morgan fingerprint density at radius 1 is 0.955 bits per heavy atom. The topological polar surface area (TPSA) is 26.0 Å². The van der Waals surface area contributed by atoms with Crippen molar-refractivity contribution in [3.8, 4) is 11.3 Å². The normalized spacial score (nSPS) is 11.1. The minimum absolute atomic E-state index is 0.875. The van der Waals surface area contributed by atoms with Crippen molar-refractivity contribution in [1.82, 2.24) is 4.98 Å². The average Bonchev–Trinajstić information content (AvgIpc) is 2.95. The van der Waals surface area contributed by atoms with Crippen LogP contribution in [0.1, 0.15) is 11.1 Å². The van der Waals surface area contributed by atoms with Crippen LogP contribution in [0, 0.1) is 6.92 Å². The fourth-order valence-corrected chi connectivity index (χ4v) is 2.96. The molecule has 2 aromatic carbocycles. The smallest absolute Gasteiger partial charge is 0.145 e. The molecule has 0 radical (unpaired) electrons. The van der Waals surface area contributed by atoms with E-state index in [0.29, 0.717) is 0 Å². The summed E-state index contributed by atoms with van der Waals surface area (Å²) >= 11 is 0. The molecule has 0 atom stereocenters. The Kier molecular flexibility index (Phi) is 2.83. The molecule has 2 aromatic heterocycles. The zero-order chi connectivity index (χ0) is 15.1. The van der Waals surface area contributed by atoms with E-state index in [2.05, 4.69) is 48.8 Å². The van der Waals surface area contributed by atoms with E-state index in [4.69, 9.17) is 4.42 Å². The van der Waals surface area contributed by atoms with Crippen LogP contribution in [0.5, 0.6) is 0 Å². The standard InChI is InChI=1S/C20H15NO/c1-3-14-10-11-16-15-8-6-7-13(2)19(15)22-20(16)18(14)17-9-4-5-12-21-17/h3-12H,1H2,2H3. The van der Waals surface area contributed by atoms with Gasteiger partial charge < -0.3 is 4.42 Å². The summed E-state index contributed by atoms with van der Waals surface area (Å²) in [4.78, 5) is 4.49. The van der Waals surface area contributed by atoms with Crippen molar-refractivity contribution < 1.29 is 4.42 Å². The van der Waals surface area contributed by atoms with Crippen LogP contribution in [0.4, 0.5) is 0 Å². The summed E-state index contributed by atoms with van der Waals surface area (Å²) < 4.78 is 6.22. The third kappa shape index (κ3) is 1.77. The van der Waals surface area contributed by atoms with Gasteiger partial charge in [-0.1, -0.05) is 43.0 Å². The summed E-state index contributed by atoms with van der Waals surface area (Å²) in [6, 6.07) is 16.3. The summed E-state index contributed by atoms with van der Waals surface area (Å²) in [7, 11) is 0. The van der Waals surface area contributed by atoms with Gasteiger partial charge in [-0.2, -0.15) is 0 Å². The molecule has 4 aromatic rings. The van der Waals surface area contributed by atoms with E-state index in [9.17, 15) is 0 Å². The quantitative estimate of drug-likeness (QED) is 0.479. The van der Waals surface area contributed by atoms with Gasteiger partial charge in [-0.15, -0.1) is 0 Å². The van der Waals surface area contributed by atoms with Crippen LogP contribution in [0.3, 0.4) is 0 Å². The van der Waals surface area contributed by atoms with Crippen molar-refractivity contribution in [2.75, 3.05) is 0 Å². The lowest BCUT2D eigenvalue weighted by atomic mass is 10.00. The van der Waals surface area contributed by atoms with Crippen molar-refractivity contribution >= 4 is 28.0 Å². The summed E-state index contributed by atoms with van der Waals surface area (Å²) in [5, 5.41) is 2.26. The van der Waals surface area contributed by atoms with E-state index >= 15 is 0 Å². The number of nitrogens with zero attached hydrogens (tertiary/aromatic N) is 1. The van der Waals surface area contributed by atoms with Crippen molar-refractivity contribution in [1.29, 1.82) is 0 Å². The zero-order valence-electron chi connectivity index (χ0n) is 12.3. The maximum atomic E-state index is 6.22. The van der Waals surface area contributed by atoms with E-state index < -0.39 is 0 Å². The molecule has 106 valence electrons. The summed E-state index contributed by atoms with van der Waals surface area (Å²) in [5.41, 5.74) is 5.89. The molecule has 2 nitrogen and oxygen atoms in total. The second-order valence-corrected chi connectivity index (χ2v) is 5.38. The van der Waals surface area contributed by atoms with Gasteiger partial charge >= 0.3 is 0 Å². The Labute approximate surface area is 128 Å². The summed E-state index contributed by atoms with van der Waals surface area (Å²) in [6.45, 7) is 5.99. The van der Waals surface area contributed by atoms with Gasteiger partial charge in [-0.25, -0.2) is 0 Å². The van der Waals surface area contributed by atoms with Crippen molar-refractivity contribution in [2.24, 2.45) is 0 Å². The lowest BCUT2D eigenvalue weighted by Gasteiger charge is -2.06. The first-order chi connectivity index (χ1) is 10.8. The van der Waals surface area contributed by atoms with Crippen LogP contribution in [-0.2, 0) is 0 Å². The minimum Gasteiger partial charge on any atom is -0.455 e. The number of aryl methyl sites for hydroxylation is 1. The van der Waals surface area contributed by atoms with Gasteiger partial charge in [0.25, 0.3) is 0 Å². The fourth-order valence-electron chi connectivity index (χ4n) is 2.96.